The molecule has 5 nitrogen and oxygen atoms in total. The highest BCUT2D eigenvalue weighted by Gasteiger charge is 2.19. The molecule has 0 bridgehead atoms. The van der Waals surface area contributed by atoms with E-state index in [1.165, 1.54) is 11.1 Å². The van der Waals surface area contributed by atoms with Crippen LogP contribution in [0.2, 0.25) is 0 Å². The lowest BCUT2D eigenvalue weighted by atomic mass is 10.00. The minimum Gasteiger partial charge on any atom is -0.338 e. The fourth-order valence-electron chi connectivity index (χ4n) is 2.43. The van der Waals surface area contributed by atoms with Gasteiger partial charge in [0.2, 0.25) is 5.91 Å². The maximum absolute atomic E-state index is 12.2. The van der Waals surface area contributed by atoms with Crippen LogP contribution in [-0.2, 0) is 24.3 Å². The summed E-state index contributed by atoms with van der Waals surface area (Å²) in [7, 11) is 0. The van der Waals surface area contributed by atoms with Gasteiger partial charge in [-0.1, -0.05) is 29.5 Å². The molecule has 0 aliphatic carbocycles. The molecule has 5 heteroatoms. The van der Waals surface area contributed by atoms with Gasteiger partial charge in [0.05, 0.1) is 12.7 Å². The summed E-state index contributed by atoms with van der Waals surface area (Å²) in [5.41, 5.74) is 2.63. The monoisotopic (exact) mass is 256 g/mol. The predicted molar refractivity (Wildman–Crippen MR) is 70.2 cm³/mol. The van der Waals surface area contributed by atoms with Gasteiger partial charge in [0.15, 0.2) is 0 Å². The Morgan fingerprint density at radius 1 is 1.26 bits per heavy atom. The summed E-state index contributed by atoms with van der Waals surface area (Å²) in [6.45, 7) is 2.14. The lowest BCUT2D eigenvalue weighted by Gasteiger charge is -2.28. The van der Waals surface area contributed by atoms with Crippen LogP contribution in [0.15, 0.2) is 36.7 Å². The smallest absolute Gasteiger partial charge is 0.224 e. The van der Waals surface area contributed by atoms with Crippen LogP contribution in [0.5, 0.6) is 0 Å². The van der Waals surface area contributed by atoms with Crippen LogP contribution in [0.3, 0.4) is 0 Å². The van der Waals surface area contributed by atoms with Crippen LogP contribution < -0.4 is 0 Å². The largest absolute Gasteiger partial charge is 0.338 e. The summed E-state index contributed by atoms with van der Waals surface area (Å²) in [5, 5.41) is 7.60. The van der Waals surface area contributed by atoms with E-state index in [1.807, 2.05) is 11.0 Å². The molecular formula is C14H16N4O. The van der Waals surface area contributed by atoms with Crippen molar-refractivity contribution in [2.24, 2.45) is 0 Å². The van der Waals surface area contributed by atoms with Gasteiger partial charge in [-0.15, -0.1) is 5.10 Å². The SMILES string of the molecule is O=C(CCn1ccnn1)N1CCc2ccccc2C1. The minimum atomic E-state index is 0.185. The Labute approximate surface area is 111 Å². The molecule has 1 aliphatic rings. The number of carbonyl (C=O) groups excluding carboxylic acids is 1. The Hall–Kier alpha value is -2.17. The molecule has 2 aromatic rings. The number of nitrogens with zero attached hydrogens (tertiary/aromatic N) is 4. The maximum Gasteiger partial charge on any atom is 0.224 e. The van der Waals surface area contributed by atoms with Gasteiger partial charge in [-0.05, 0) is 17.5 Å². The molecule has 1 amide bonds. The molecule has 0 N–H and O–H groups in total. The number of fused-ring (bicyclic) bond motifs is 1. The summed E-state index contributed by atoms with van der Waals surface area (Å²) in [5.74, 6) is 0.185. The van der Waals surface area contributed by atoms with Crippen molar-refractivity contribution >= 4 is 5.91 Å². The Kier molecular flexibility index (Phi) is 3.27. The molecule has 3 rings (SSSR count). The number of hydrogen-bond donors (Lipinski definition) is 0. The van der Waals surface area contributed by atoms with Crippen molar-refractivity contribution in [1.29, 1.82) is 0 Å². The van der Waals surface area contributed by atoms with Crippen molar-refractivity contribution in [1.82, 2.24) is 19.9 Å². The molecule has 0 spiro atoms. The van der Waals surface area contributed by atoms with E-state index in [-0.39, 0.29) is 5.91 Å². The summed E-state index contributed by atoms with van der Waals surface area (Å²) >= 11 is 0. The van der Waals surface area contributed by atoms with Crippen LogP contribution >= 0.6 is 0 Å². The molecule has 0 radical (unpaired) electrons. The predicted octanol–water partition coefficient (Wildman–Crippen LogP) is 1.25. The molecule has 19 heavy (non-hydrogen) atoms. The average molecular weight is 256 g/mol. The standard InChI is InChI=1S/C14H16N4O/c19-14(6-9-18-10-7-15-16-18)17-8-5-12-3-1-2-4-13(12)11-17/h1-4,7,10H,5-6,8-9,11H2. The number of aromatic nitrogens is 3. The molecule has 2 heterocycles. The molecular weight excluding hydrogens is 240 g/mol. The highest BCUT2D eigenvalue weighted by Crippen LogP contribution is 2.18. The van der Waals surface area contributed by atoms with Crippen LogP contribution in [0.25, 0.3) is 0 Å². The first-order valence-electron chi connectivity index (χ1n) is 6.51. The second-order valence-electron chi connectivity index (χ2n) is 4.75. The molecule has 0 saturated carbocycles. The number of amides is 1. The van der Waals surface area contributed by atoms with Crippen molar-refractivity contribution < 1.29 is 4.79 Å². The van der Waals surface area contributed by atoms with Crippen LogP contribution in [0, 0.1) is 0 Å². The van der Waals surface area contributed by atoms with Gasteiger partial charge < -0.3 is 4.90 Å². The van der Waals surface area contributed by atoms with Gasteiger partial charge in [0, 0.05) is 25.7 Å². The van der Waals surface area contributed by atoms with E-state index in [9.17, 15) is 4.79 Å². The molecule has 1 aliphatic heterocycles. The third kappa shape index (κ3) is 2.65. The number of benzene rings is 1. The van der Waals surface area contributed by atoms with Crippen LogP contribution in [0.1, 0.15) is 17.5 Å². The normalized spacial score (nSPS) is 14.2. The van der Waals surface area contributed by atoms with Crippen molar-refractivity contribution in [2.45, 2.75) is 25.9 Å². The fraction of sp³-hybridized carbons (Fsp3) is 0.357. The third-order valence-electron chi connectivity index (χ3n) is 3.51. The number of aryl methyl sites for hydroxylation is 1. The highest BCUT2D eigenvalue weighted by molar-refractivity contribution is 5.76. The molecule has 0 saturated heterocycles. The Morgan fingerprint density at radius 2 is 2.11 bits per heavy atom. The zero-order chi connectivity index (χ0) is 13.1. The minimum absolute atomic E-state index is 0.185. The van der Waals surface area contributed by atoms with Gasteiger partial charge in [-0.2, -0.15) is 0 Å². The maximum atomic E-state index is 12.2. The van der Waals surface area contributed by atoms with Crippen LogP contribution in [-0.4, -0.2) is 32.3 Å². The van der Waals surface area contributed by atoms with E-state index >= 15 is 0 Å². The lowest BCUT2D eigenvalue weighted by molar-refractivity contribution is -0.132. The van der Waals surface area contributed by atoms with E-state index < -0.39 is 0 Å². The number of rotatable bonds is 3. The van der Waals surface area contributed by atoms with Gasteiger partial charge in [0.1, 0.15) is 0 Å². The van der Waals surface area contributed by atoms with Crippen molar-refractivity contribution in [3.8, 4) is 0 Å². The van der Waals surface area contributed by atoms with Crippen LogP contribution in [0.4, 0.5) is 0 Å². The molecule has 1 aromatic heterocycles. The average Bonchev–Trinajstić information content (AvgIpc) is 2.97. The van der Waals surface area contributed by atoms with Crippen molar-refractivity contribution in [3.05, 3.63) is 47.8 Å². The van der Waals surface area contributed by atoms with Gasteiger partial charge in [0.25, 0.3) is 0 Å². The van der Waals surface area contributed by atoms with Crippen molar-refractivity contribution in [3.63, 3.8) is 0 Å². The molecule has 0 fully saturated rings. The Balaban J connectivity index is 1.60. The zero-order valence-electron chi connectivity index (χ0n) is 10.7. The highest BCUT2D eigenvalue weighted by atomic mass is 16.2. The Morgan fingerprint density at radius 3 is 2.89 bits per heavy atom. The third-order valence-corrected chi connectivity index (χ3v) is 3.51. The lowest BCUT2D eigenvalue weighted by Crippen LogP contribution is -2.36. The summed E-state index contributed by atoms with van der Waals surface area (Å²) in [4.78, 5) is 14.1. The summed E-state index contributed by atoms with van der Waals surface area (Å²) in [6.07, 6.45) is 4.83. The molecule has 0 unspecified atom stereocenters. The van der Waals surface area contributed by atoms with E-state index in [4.69, 9.17) is 0 Å². The van der Waals surface area contributed by atoms with E-state index in [0.29, 0.717) is 13.0 Å². The van der Waals surface area contributed by atoms with Crippen molar-refractivity contribution in [2.75, 3.05) is 6.54 Å². The first-order valence-corrected chi connectivity index (χ1v) is 6.51. The molecule has 98 valence electrons. The number of hydrogen-bond acceptors (Lipinski definition) is 3. The van der Waals surface area contributed by atoms with E-state index in [2.05, 4.69) is 28.5 Å². The fourth-order valence-corrected chi connectivity index (χ4v) is 2.43. The quantitative estimate of drug-likeness (QED) is 0.830. The van der Waals surface area contributed by atoms with Gasteiger partial charge in [-0.25, -0.2) is 0 Å². The summed E-state index contributed by atoms with van der Waals surface area (Å²) in [6, 6.07) is 8.34. The second kappa shape index (κ2) is 5.22. The van der Waals surface area contributed by atoms with Gasteiger partial charge >= 0.3 is 0 Å². The molecule has 1 aromatic carbocycles. The topological polar surface area (TPSA) is 51.0 Å². The van der Waals surface area contributed by atoms with E-state index in [1.54, 1.807) is 17.1 Å². The second-order valence-corrected chi connectivity index (χ2v) is 4.75. The zero-order valence-corrected chi connectivity index (χ0v) is 10.7. The first kappa shape index (κ1) is 11.9. The van der Waals surface area contributed by atoms with Gasteiger partial charge in [-0.3, -0.25) is 9.48 Å². The van der Waals surface area contributed by atoms with E-state index in [0.717, 1.165) is 19.5 Å². The summed E-state index contributed by atoms with van der Waals surface area (Å²) < 4.78 is 1.69. The molecule has 0 atom stereocenters. The first-order chi connectivity index (χ1) is 9.33. The number of carbonyl (C=O) groups is 1. The Bertz CT molecular complexity index is 565.